The van der Waals surface area contributed by atoms with E-state index in [4.69, 9.17) is 0 Å². The molecule has 9 heteroatoms. The highest BCUT2D eigenvalue weighted by molar-refractivity contribution is 9.10. The Labute approximate surface area is 180 Å². The van der Waals surface area contributed by atoms with E-state index in [9.17, 15) is 9.59 Å². The van der Waals surface area contributed by atoms with Crippen molar-refractivity contribution >= 4 is 39.3 Å². The summed E-state index contributed by atoms with van der Waals surface area (Å²) < 4.78 is 5.17. The first-order valence-corrected chi connectivity index (χ1v) is 10.00. The molecule has 8 nitrogen and oxygen atoms in total. The molecule has 2 aromatic carbocycles. The number of imidazole rings is 1. The van der Waals surface area contributed by atoms with Gasteiger partial charge in [-0.3, -0.25) is 18.5 Å². The molecule has 0 aliphatic carbocycles. The van der Waals surface area contributed by atoms with Gasteiger partial charge in [0.2, 0.25) is 5.95 Å². The molecule has 1 N–H and O–H groups in total. The molecular weight excluding hydrogens is 448 g/mol. The highest BCUT2D eigenvalue weighted by Gasteiger charge is 2.19. The summed E-state index contributed by atoms with van der Waals surface area (Å²) in [5, 5.41) is 4.27. The third kappa shape index (κ3) is 3.71. The van der Waals surface area contributed by atoms with Crippen molar-refractivity contribution in [2.24, 2.45) is 19.2 Å². The molecule has 0 bridgehead atoms. The van der Waals surface area contributed by atoms with Crippen LogP contribution in [0.15, 0.2) is 73.8 Å². The molecule has 0 radical (unpaired) electrons. The standard InChI is InChI=1S/C21H19BrN6O2/c1-26-18-17(19(29)27(2)21(26)30)28(13-15-6-4-3-5-7-15)20(24-18)25-23-12-14-8-10-16(22)11-9-14/h3-12H,13H2,1-2H3,(H,24,25)/b23-12-. The van der Waals surface area contributed by atoms with Crippen molar-refractivity contribution in [3.63, 3.8) is 0 Å². The molecule has 4 rings (SSSR count). The number of anilines is 1. The molecule has 0 saturated carbocycles. The molecule has 0 amide bonds. The fourth-order valence-corrected chi connectivity index (χ4v) is 3.43. The molecule has 152 valence electrons. The summed E-state index contributed by atoms with van der Waals surface area (Å²) in [4.78, 5) is 29.7. The first-order valence-electron chi connectivity index (χ1n) is 9.20. The summed E-state index contributed by atoms with van der Waals surface area (Å²) in [5.41, 5.74) is 4.63. The molecule has 0 saturated heterocycles. The maximum atomic E-state index is 12.9. The fraction of sp³-hybridized carbons (Fsp3) is 0.143. The summed E-state index contributed by atoms with van der Waals surface area (Å²) in [5.74, 6) is 0.375. The van der Waals surface area contributed by atoms with Crippen LogP contribution in [0, 0.1) is 0 Å². The number of nitrogens with zero attached hydrogens (tertiary/aromatic N) is 5. The van der Waals surface area contributed by atoms with E-state index in [0.717, 1.165) is 20.2 Å². The second-order valence-electron chi connectivity index (χ2n) is 6.81. The monoisotopic (exact) mass is 466 g/mol. The molecular formula is C21H19BrN6O2. The first-order chi connectivity index (χ1) is 14.5. The number of benzene rings is 2. The van der Waals surface area contributed by atoms with Crippen LogP contribution in [0.4, 0.5) is 5.95 Å². The highest BCUT2D eigenvalue weighted by Crippen LogP contribution is 2.18. The molecule has 0 fully saturated rings. The van der Waals surface area contributed by atoms with Gasteiger partial charge in [0, 0.05) is 18.6 Å². The van der Waals surface area contributed by atoms with Gasteiger partial charge in [-0.05, 0) is 23.3 Å². The summed E-state index contributed by atoms with van der Waals surface area (Å²) in [6.45, 7) is 0.404. The largest absolute Gasteiger partial charge is 0.332 e. The lowest BCUT2D eigenvalue weighted by atomic mass is 10.2. The lowest BCUT2D eigenvalue weighted by Crippen LogP contribution is -2.37. The summed E-state index contributed by atoms with van der Waals surface area (Å²) >= 11 is 3.40. The van der Waals surface area contributed by atoms with Crippen LogP contribution in [-0.4, -0.2) is 24.9 Å². The van der Waals surface area contributed by atoms with Crippen molar-refractivity contribution in [2.75, 3.05) is 5.43 Å². The van der Waals surface area contributed by atoms with Crippen LogP contribution in [0.25, 0.3) is 11.2 Å². The van der Waals surface area contributed by atoms with Crippen LogP contribution < -0.4 is 16.7 Å². The number of nitrogens with one attached hydrogen (secondary N) is 1. The maximum absolute atomic E-state index is 12.9. The Kier molecular flexibility index (Phi) is 5.37. The Bertz CT molecular complexity index is 1350. The number of hydrazone groups is 1. The van der Waals surface area contributed by atoms with E-state index < -0.39 is 11.2 Å². The predicted molar refractivity (Wildman–Crippen MR) is 121 cm³/mol. The Morgan fingerprint density at radius 3 is 2.43 bits per heavy atom. The maximum Gasteiger partial charge on any atom is 0.332 e. The molecule has 4 aromatic rings. The van der Waals surface area contributed by atoms with E-state index >= 15 is 0 Å². The zero-order valence-electron chi connectivity index (χ0n) is 16.4. The van der Waals surface area contributed by atoms with Crippen molar-refractivity contribution in [3.05, 3.63) is 91.0 Å². The third-order valence-electron chi connectivity index (χ3n) is 4.78. The van der Waals surface area contributed by atoms with Gasteiger partial charge in [0.05, 0.1) is 12.8 Å². The number of aromatic nitrogens is 4. The average Bonchev–Trinajstić information content (AvgIpc) is 3.11. The van der Waals surface area contributed by atoms with E-state index in [1.165, 1.54) is 11.6 Å². The van der Waals surface area contributed by atoms with Gasteiger partial charge in [0.1, 0.15) is 0 Å². The second-order valence-corrected chi connectivity index (χ2v) is 7.72. The number of hydrogen-bond donors (Lipinski definition) is 1. The minimum absolute atomic E-state index is 0.306. The van der Waals surface area contributed by atoms with E-state index in [0.29, 0.717) is 23.7 Å². The molecule has 2 aromatic heterocycles. The number of rotatable bonds is 5. The Balaban J connectivity index is 1.81. The molecule has 0 atom stereocenters. The predicted octanol–water partition coefficient (Wildman–Crippen LogP) is 2.69. The quantitative estimate of drug-likeness (QED) is 0.361. The van der Waals surface area contributed by atoms with Crippen LogP contribution in [0.1, 0.15) is 11.1 Å². The van der Waals surface area contributed by atoms with Crippen LogP contribution >= 0.6 is 15.9 Å². The van der Waals surface area contributed by atoms with Crippen molar-refractivity contribution < 1.29 is 0 Å². The number of hydrogen-bond acceptors (Lipinski definition) is 5. The van der Waals surface area contributed by atoms with Gasteiger partial charge in [-0.1, -0.05) is 58.4 Å². The van der Waals surface area contributed by atoms with Gasteiger partial charge in [0.25, 0.3) is 5.56 Å². The molecule has 0 unspecified atom stereocenters. The van der Waals surface area contributed by atoms with Crippen LogP contribution in [0.2, 0.25) is 0 Å². The Hall–Kier alpha value is -3.46. The third-order valence-corrected chi connectivity index (χ3v) is 5.31. The summed E-state index contributed by atoms with van der Waals surface area (Å²) in [6, 6.07) is 17.4. The van der Waals surface area contributed by atoms with Crippen molar-refractivity contribution in [2.45, 2.75) is 6.54 Å². The highest BCUT2D eigenvalue weighted by atomic mass is 79.9. The van der Waals surface area contributed by atoms with E-state index in [1.807, 2.05) is 54.6 Å². The lowest BCUT2D eigenvalue weighted by molar-refractivity contribution is 0.702. The van der Waals surface area contributed by atoms with Gasteiger partial charge >= 0.3 is 5.69 Å². The molecule has 30 heavy (non-hydrogen) atoms. The van der Waals surface area contributed by atoms with Gasteiger partial charge in [-0.15, -0.1) is 0 Å². The van der Waals surface area contributed by atoms with Crippen LogP contribution in [0.5, 0.6) is 0 Å². The van der Waals surface area contributed by atoms with Crippen LogP contribution in [0.3, 0.4) is 0 Å². The van der Waals surface area contributed by atoms with Crippen molar-refractivity contribution in [3.8, 4) is 0 Å². The number of fused-ring (bicyclic) bond motifs is 1. The molecule has 0 spiro atoms. The van der Waals surface area contributed by atoms with Gasteiger partial charge in [-0.25, -0.2) is 10.2 Å². The SMILES string of the molecule is Cn1c(=O)c2c(nc(N/N=C\c3ccc(Br)cc3)n2Cc2ccccc2)n(C)c1=O. The zero-order valence-corrected chi connectivity index (χ0v) is 18.0. The van der Waals surface area contributed by atoms with Crippen molar-refractivity contribution in [1.82, 2.24) is 18.7 Å². The molecule has 0 aliphatic heterocycles. The Morgan fingerprint density at radius 2 is 1.73 bits per heavy atom. The van der Waals surface area contributed by atoms with Gasteiger partial charge < -0.3 is 0 Å². The molecule has 0 aliphatic rings. The minimum Gasteiger partial charge on any atom is -0.298 e. The van der Waals surface area contributed by atoms with Crippen molar-refractivity contribution in [1.29, 1.82) is 0 Å². The zero-order chi connectivity index (χ0) is 21.3. The normalized spacial score (nSPS) is 11.4. The Morgan fingerprint density at radius 1 is 1.03 bits per heavy atom. The van der Waals surface area contributed by atoms with E-state index in [1.54, 1.807) is 17.8 Å². The smallest absolute Gasteiger partial charge is 0.298 e. The average molecular weight is 467 g/mol. The first kappa shape index (κ1) is 19.8. The van der Waals surface area contributed by atoms with E-state index in [2.05, 4.69) is 31.4 Å². The van der Waals surface area contributed by atoms with E-state index in [-0.39, 0.29) is 0 Å². The molecule has 2 heterocycles. The number of aryl methyl sites for hydroxylation is 1. The fourth-order valence-electron chi connectivity index (χ4n) is 3.17. The minimum atomic E-state index is -0.429. The van der Waals surface area contributed by atoms with Gasteiger partial charge in [-0.2, -0.15) is 10.1 Å². The van der Waals surface area contributed by atoms with Crippen LogP contribution in [-0.2, 0) is 20.6 Å². The summed E-state index contributed by atoms with van der Waals surface area (Å²) in [7, 11) is 3.06. The summed E-state index contributed by atoms with van der Waals surface area (Å²) in [6.07, 6.45) is 1.66. The second kappa shape index (κ2) is 8.11. The number of halogens is 1. The van der Waals surface area contributed by atoms with Gasteiger partial charge in [0.15, 0.2) is 11.2 Å². The lowest BCUT2D eigenvalue weighted by Gasteiger charge is -2.09. The topological polar surface area (TPSA) is 86.2 Å².